The number of nitrogens with zero attached hydrogens (tertiary/aromatic N) is 2. The maximum atomic E-state index is 11.9. The third-order valence-corrected chi connectivity index (χ3v) is 3.78. The Morgan fingerprint density at radius 1 is 1.08 bits per heavy atom. The highest BCUT2D eigenvalue weighted by Crippen LogP contribution is 2.30. The average Bonchev–Trinajstić information content (AvgIpc) is 2.61. The number of ether oxygens (including phenoxy) is 1. The van der Waals surface area contributed by atoms with Gasteiger partial charge in [-0.2, -0.15) is 0 Å². The van der Waals surface area contributed by atoms with Gasteiger partial charge in [-0.3, -0.25) is 14.8 Å². The first-order valence-corrected chi connectivity index (χ1v) is 7.47. The Morgan fingerprint density at radius 2 is 1.83 bits per heavy atom. The van der Waals surface area contributed by atoms with Gasteiger partial charge in [-0.05, 0) is 48.4 Å². The Balaban J connectivity index is 2.21. The van der Waals surface area contributed by atoms with E-state index in [-0.39, 0.29) is 0 Å². The molecule has 2 N–H and O–H groups in total. The molecule has 5 nitrogen and oxygen atoms in total. The summed E-state index contributed by atoms with van der Waals surface area (Å²) in [6.45, 7) is 1.78. The lowest BCUT2D eigenvalue weighted by molar-refractivity contribution is 0.1000. The molecule has 1 amide bonds. The maximum absolute atomic E-state index is 11.9. The largest absolute Gasteiger partial charge is 0.497 e. The highest BCUT2D eigenvalue weighted by Gasteiger charge is 2.17. The molecule has 0 radical (unpaired) electrons. The zero-order valence-corrected chi connectivity index (χ0v) is 13.5. The number of methoxy groups -OCH3 is 1. The molecule has 0 saturated heterocycles. The number of carbonyl (C=O) groups excluding carboxylic acids is 1. The minimum absolute atomic E-state index is 0.417. The van der Waals surface area contributed by atoms with E-state index in [1.807, 2.05) is 48.5 Å². The first kappa shape index (κ1) is 15.7. The number of hydrogen-bond acceptors (Lipinski definition) is 4. The number of carbonyl (C=O) groups is 1. The fourth-order valence-electron chi connectivity index (χ4n) is 2.63. The standard InChI is InChI=1S/C19H17N3O2/c1-12-18(19(20)23)15(13-6-8-14(24-2)9-7-13)11-17(22-12)16-5-3-4-10-21-16/h3-11H,1-2H3,(H2,20,23). The second kappa shape index (κ2) is 6.50. The van der Waals surface area contributed by atoms with Crippen LogP contribution >= 0.6 is 0 Å². The van der Waals surface area contributed by atoms with E-state index in [1.54, 1.807) is 20.2 Å². The van der Waals surface area contributed by atoms with Crippen molar-refractivity contribution in [2.45, 2.75) is 6.92 Å². The summed E-state index contributed by atoms with van der Waals surface area (Å²) in [6.07, 6.45) is 1.71. The molecule has 0 fully saturated rings. The monoisotopic (exact) mass is 319 g/mol. The highest BCUT2D eigenvalue weighted by atomic mass is 16.5. The van der Waals surface area contributed by atoms with Crippen molar-refractivity contribution in [1.82, 2.24) is 9.97 Å². The zero-order chi connectivity index (χ0) is 17.1. The molecular formula is C19H17N3O2. The molecule has 0 atom stereocenters. The summed E-state index contributed by atoms with van der Waals surface area (Å²) < 4.78 is 5.19. The molecule has 0 aliphatic heterocycles. The predicted octanol–water partition coefficient (Wildman–Crippen LogP) is 3.23. The SMILES string of the molecule is COc1ccc(-c2cc(-c3ccccn3)nc(C)c2C(N)=O)cc1. The summed E-state index contributed by atoms with van der Waals surface area (Å²) in [5.74, 6) is 0.244. The summed E-state index contributed by atoms with van der Waals surface area (Å²) in [6, 6.07) is 14.9. The number of amides is 1. The maximum Gasteiger partial charge on any atom is 0.251 e. The molecule has 0 aliphatic rings. The average molecular weight is 319 g/mol. The van der Waals surface area contributed by atoms with E-state index in [9.17, 15) is 4.79 Å². The summed E-state index contributed by atoms with van der Waals surface area (Å²) in [5.41, 5.74) is 9.62. The topological polar surface area (TPSA) is 78.1 Å². The summed E-state index contributed by atoms with van der Waals surface area (Å²) in [4.78, 5) is 20.8. The van der Waals surface area contributed by atoms with Crippen LogP contribution in [0, 0.1) is 6.92 Å². The van der Waals surface area contributed by atoms with Crippen LogP contribution in [0.15, 0.2) is 54.7 Å². The van der Waals surface area contributed by atoms with Crippen molar-refractivity contribution in [1.29, 1.82) is 0 Å². The molecule has 1 aromatic carbocycles. The fraction of sp³-hybridized carbons (Fsp3) is 0.105. The van der Waals surface area contributed by atoms with Crippen molar-refractivity contribution in [2.75, 3.05) is 7.11 Å². The van der Waals surface area contributed by atoms with Crippen LogP contribution in [0.4, 0.5) is 0 Å². The first-order chi connectivity index (χ1) is 11.6. The number of aryl methyl sites for hydroxylation is 1. The molecule has 3 aromatic rings. The number of hydrogen-bond donors (Lipinski definition) is 1. The van der Waals surface area contributed by atoms with Crippen LogP contribution in [0.3, 0.4) is 0 Å². The molecule has 5 heteroatoms. The van der Waals surface area contributed by atoms with Gasteiger partial charge in [-0.15, -0.1) is 0 Å². The number of rotatable bonds is 4. The molecule has 2 heterocycles. The van der Waals surface area contributed by atoms with Crippen molar-refractivity contribution in [3.63, 3.8) is 0 Å². The lowest BCUT2D eigenvalue weighted by Crippen LogP contribution is -2.15. The lowest BCUT2D eigenvalue weighted by Gasteiger charge is -2.13. The lowest BCUT2D eigenvalue weighted by atomic mass is 9.97. The van der Waals surface area contributed by atoms with Gasteiger partial charge in [-0.25, -0.2) is 0 Å². The molecule has 3 rings (SSSR count). The highest BCUT2D eigenvalue weighted by molar-refractivity contribution is 6.01. The van der Waals surface area contributed by atoms with Crippen LogP contribution in [0.2, 0.25) is 0 Å². The van der Waals surface area contributed by atoms with E-state index >= 15 is 0 Å². The van der Waals surface area contributed by atoms with Gasteiger partial charge in [0.25, 0.3) is 5.91 Å². The Morgan fingerprint density at radius 3 is 2.42 bits per heavy atom. The molecule has 24 heavy (non-hydrogen) atoms. The van der Waals surface area contributed by atoms with Crippen molar-refractivity contribution >= 4 is 5.91 Å². The minimum Gasteiger partial charge on any atom is -0.497 e. The Hall–Kier alpha value is -3.21. The summed E-state index contributed by atoms with van der Waals surface area (Å²) in [7, 11) is 1.61. The molecule has 0 unspecified atom stereocenters. The second-order valence-electron chi connectivity index (χ2n) is 5.32. The number of pyridine rings is 2. The van der Waals surface area contributed by atoms with Crippen molar-refractivity contribution < 1.29 is 9.53 Å². The van der Waals surface area contributed by atoms with E-state index in [4.69, 9.17) is 10.5 Å². The van der Waals surface area contributed by atoms with Gasteiger partial charge in [0, 0.05) is 6.20 Å². The third-order valence-electron chi connectivity index (χ3n) is 3.78. The molecule has 0 spiro atoms. The van der Waals surface area contributed by atoms with Crippen LogP contribution in [0.5, 0.6) is 5.75 Å². The van der Waals surface area contributed by atoms with Crippen molar-refractivity contribution in [2.24, 2.45) is 5.73 Å². The number of primary amides is 1. The minimum atomic E-state index is -0.501. The number of benzene rings is 1. The Bertz CT molecular complexity index is 875. The smallest absolute Gasteiger partial charge is 0.251 e. The van der Waals surface area contributed by atoms with Crippen LogP contribution in [0.1, 0.15) is 16.1 Å². The normalized spacial score (nSPS) is 10.4. The first-order valence-electron chi connectivity index (χ1n) is 7.47. The predicted molar refractivity (Wildman–Crippen MR) is 92.7 cm³/mol. The molecule has 2 aromatic heterocycles. The zero-order valence-electron chi connectivity index (χ0n) is 13.5. The van der Waals surface area contributed by atoms with Crippen molar-refractivity contribution in [3.8, 4) is 28.3 Å². The summed E-state index contributed by atoms with van der Waals surface area (Å²) in [5, 5.41) is 0. The molecule has 120 valence electrons. The van der Waals surface area contributed by atoms with Crippen LogP contribution in [0.25, 0.3) is 22.5 Å². The number of nitrogens with two attached hydrogens (primary N) is 1. The molecule has 0 bridgehead atoms. The van der Waals surface area contributed by atoms with Gasteiger partial charge in [0.05, 0.1) is 29.8 Å². The van der Waals surface area contributed by atoms with Gasteiger partial charge in [0.2, 0.25) is 0 Å². The number of aromatic nitrogens is 2. The van der Waals surface area contributed by atoms with E-state index in [1.165, 1.54) is 0 Å². The summed E-state index contributed by atoms with van der Waals surface area (Å²) >= 11 is 0. The quantitative estimate of drug-likeness (QED) is 0.801. The van der Waals surface area contributed by atoms with Gasteiger partial charge in [0.15, 0.2) is 0 Å². The molecule has 0 saturated carbocycles. The van der Waals surface area contributed by atoms with E-state index in [2.05, 4.69) is 9.97 Å². The van der Waals surface area contributed by atoms with E-state index in [0.717, 1.165) is 22.6 Å². The molecule has 0 aliphatic carbocycles. The molecular weight excluding hydrogens is 302 g/mol. The fourth-order valence-corrected chi connectivity index (χ4v) is 2.63. The second-order valence-corrected chi connectivity index (χ2v) is 5.32. The van der Waals surface area contributed by atoms with Gasteiger partial charge >= 0.3 is 0 Å². The van der Waals surface area contributed by atoms with Gasteiger partial charge in [-0.1, -0.05) is 18.2 Å². The third kappa shape index (κ3) is 2.96. The van der Waals surface area contributed by atoms with Crippen LogP contribution in [-0.4, -0.2) is 23.0 Å². The van der Waals surface area contributed by atoms with Gasteiger partial charge < -0.3 is 10.5 Å². The van der Waals surface area contributed by atoms with Crippen LogP contribution < -0.4 is 10.5 Å². The van der Waals surface area contributed by atoms with E-state index in [0.29, 0.717) is 17.0 Å². The Kier molecular flexibility index (Phi) is 4.24. The van der Waals surface area contributed by atoms with E-state index < -0.39 is 5.91 Å². The van der Waals surface area contributed by atoms with Crippen LogP contribution in [-0.2, 0) is 0 Å². The van der Waals surface area contributed by atoms with Crippen molar-refractivity contribution in [3.05, 3.63) is 66.0 Å². The Labute approximate surface area is 140 Å². The van der Waals surface area contributed by atoms with Gasteiger partial charge in [0.1, 0.15) is 5.75 Å².